The third-order valence-corrected chi connectivity index (χ3v) is 2.13. The van der Waals surface area contributed by atoms with Gasteiger partial charge in [0.2, 0.25) is 0 Å². The lowest BCUT2D eigenvalue weighted by Crippen LogP contribution is -2.42. The van der Waals surface area contributed by atoms with Crippen molar-refractivity contribution in [3.63, 3.8) is 0 Å². The minimum Gasteiger partial charge on any atom is -0.443 e. The van der Waals surface area contributed by atoms with Gasteiger partial charge < -0.3 is 4.74 Å². The zero-order chi connectivity index (χ0) is 13.8. The van der Waals surface area contributed by atoms with E-state index < -0.39 is 11.7 Å². The highest BCUT2D eigenvalue weighted by atomic mass is 19.1. The number of nitrogens with one attached hydrogen (secondary N) is 1. The molecule has 4 nitrogen and oxygen atoms in total. The first-order chi connectivity index (χ1) is 8.29. The highest BCUT2D eigenvalue weighted by Crippen LogP contribution is 2.09. The van der Waals surface area contributed by atoms with E-state index in [-0.39, 0.29) is 12.4 Å². The summed E-state index contributed by atoms with van der Waals surface area (Å²) in [5, 5.41) is 1.21. The number of amides is 1. The lowest BCUT2D eigenvalue weighted by atomic mass is 10.2. The second kappa shape index (κ2) is 5.82. The van der Waals surface area contributed by atoms with Crippen LogP contribution < -0.4 is 5.43 Å². The molecule has 0 aliphatic rings. The Kier molecular flexibility index (Phi) is 4.67. The molecular weight excluding hydrogens is 235 g/mol. The summed E-state index contributed by atoms with van der Waals surface area (Å²) in [5.74, 6) is -0.303. The van der Waals surface area contributed by atoms with Crippen LogP contribution in [0.1, 0.15) is 26.3 Å². The third-order valence-electron chi connectivity index (χ3n) is 2.13. The van der Waals surface area contributed by atoms with Crippen molar-refractivity contribution in [1.29, 1.82) is 0 Å². The van der Waals surface area contributed by atoms with Crippen molar-refractivity contribution < 1.29 is 13.9 Å². The van der Waals surface area contributed by atoms with E-state index in [9.17, 15) is 9.18 Å². The van der Waals surface area contributed by atoms with Crippen molar-refractivity contribution in [1.82, 2.24) is 10.4 Å². The zero-order valence-electron chi connectivity index (χ0n) is 11.2. The average molecular weight is 254 g/mol. The molecule has 0 aliphatic heterocycles. The average Bonchev–Trinajstić information content (AvgIpc) is 2.25. The Hall–Kier alpha value is -1.62. The fourth-order valence-electron chi connectivity index (χ4n) is 1.24. The molecule has 18 heavy (non-hydrogen) atoms. The molecule has 0 spiro atoms. The van der Waals surface area contributed by atoms with Crippen LogP contribution in [0.3, 0.4) is 0 Å². The summed E-state index contributed by atoms with van der Waals surface area (Å²) < 4.78 is 18.5. The Morgan fingerprint density at radius 1 is 1.39 bits per heavy atom. The van der Waals surface area contributed by atoms with Crippen molar-refractivity contribution >= 4 is 6.09 Å². The topological polar surface area (TPSA) is 41.6 Å². The molecule has 0 aromatic heterocycles. The molecule has 1 aromatic carbocycles. The van der Waals surface area contributed by atoms with Crippen LogP contribution in [0, 0.1) is 5.82 Å². The second-order valence-corrected chi connectivity index (χ2v) is 4.97. The number of hydrogen-bond donors (Lipinski definition) is 1. The maximum atomic E-state index is 13.3. The quantitative estimate of drug-likeness (QED) is 0.843. The van der Waals surface area contributed by atoms with E-state index in [0.717, 1.165) is 0 Å². The number of ether oxygens (including phenoxy) is 1. The Bertz CT molecular complexity index is 416. The SMILES string of the molecule is CN(NCc1ccccc1F)C(=O)OC(C)(C)C. The molecule has 0 saturated carbocycles. The van der Waals surface area contributed by atoms with Gasteiger partial charge in [0.1, 0.15) is 11.4 Å². The van der Waals surface area contributed by atoms with Crippen LogP contribution in [0.4, 0.5) is 9.18 Å². The van der Waals surface area contributed by atoms with Crippen LogP contribution in [0.2, 0.25) is 0 Å². The number of halogens is 1. The van der Waals surface area contributed by atoms with E-state index in [1.807, 2.05) is 0 Å². The number of hydrazine groups is 1. The highest BCUT2D eigenvalue weighted by Gasteiger charge is 2.19. The summed E-state index contributed by atoms with van der Waals surface area (Å²) in [6.07, 6.45) is -0.501. The van der Waals surface area contributed by atoms with E-state index in [2.05, 4.69) is 5.43 Å². The monoisotopic (exact) mass is 254 g/mol. The van der Waals surface area contributed by atoms with E-state index in [0.29, 0.717) is 5.56 Å². The van der Waals surface area contributed by atoms with Gasteiger partial charge in [-0.2, -0.15) is 0 Å². The predicted molar refractivity (Wildman–Crippen MR) is 67.2 cm³/mol. The van der Waals surface area contributed by atoms with Crippen molar-refractivity contribution in [3.05, 3.63) is 35.6 Å². The first-order valence-corrected chi connectivity index (χ1v) is 5.73. The van der Waals surface area contributed by atoms with Crippen molar-refractivity contribution in [3.8, 4) is 0 Å². The number of carbonyl (C=O) groups is 1. The maximum Gasteiger partial charge on any atom is 0.424 e. The Morgan fingerprint density at radius 2 is 2.00 bits per heavy atom. The minimum absolute atomic E-state index is 0.225. The molecule has 1 N–H and O–H groups in total. The smallest absolute Gasteiger partial charge is 0.424 e. The summed E-state index contributed by atoms with van der Waals surface area (Å²) in [5.41, 5.74) is 2.72. The van der Waals surface area contributed by atoms with Crippen LogP contribution in [-0.4, -0.2) is 23.8 Å². The van der Waals surface area contributed by atoms with Gasteiger partial charge in [-0.25, -0.2) is 19.6 Å². The molecule has 0 aliphatic carbocycles. The lowest BCUT2D eigenvalue weighted by molar-refractivity contribution is 0.0196. The summed E-state index contributed by atoms with van der Waals surface area (Å²) in [4.78, 5) is 11.6. The molecule has 0 unspecified atom stereocenters. The van der Waals surface area contributed by atoms with Crippen molar-refractivity contribution in [2.75, 3.05) is 7.05 Å². The van der Waals surface area contributed by atoms with Gasteiger partial charge in [0, 0.05) is 19.2 Å². The molecule has 0 heterocycles. The maximum absolute atomic E-state index is 13.3. The van der Waals surface area contributed by atoms with Gasteiger partial charge in [-0.15, -0.1) is 0 Å². The van der Waals surface area contributed by atoms with Gasteiger partial charge >= 0.3 is 6.09 Å². The summed E-state index contributed by atoms with van der Waals surface area (Å²) >= 11 is 0. The summed E-state index contributed by atoms with van der Waals surface area (Å²) in [6.45, 7) is 5.59. The van der Waals surface area contributed by atoms with Crippen LogP contribution in [-0.2, 0) is 11.3 Å². The van der Waals surface area contributed by atoms with Crippen molar-refractivity contribution in [2.45, 2.75) is 32.9 Å². The van der Waals surface area contributed by atoms with Crippen LogP contribution >= 0.6 is 0 Å². The second-order valence-electron chi connectivity index (χ2n) is 4.97. The van der Waals surface area contributed by atoms with E-state index in [4.69, 9.17) is 4.74 Å². The molecule has 0 atom stereocenters. The number of benzene rings is 1. The summed E-state index contributed by atoms with van der Waals surface area (Å²) in [7, 11) is 1.54. The number of carbonyl (C=O) groups excluding carboxylic acids is 1. The van der Waals surface area contributed by atoms with Gasteiger partial charge in [-0.3, -0.25) is 0 Å². The van der Waals surface area contributed by atoms with E-state index in [1.54, 1.807) is 39.0 Å². The van der Waals surface area contributed by atoms with Crippen LogP contribution in [0.25, 0.3) is 0 Å². The summed E-state index contributed by atoms with van der Waals surface area (Å²) in [6, 6.07) is 6.40. The van der Waals surface area contributed by atoms with Gasteiger partial charge in [-0.05, 0) is 26.8 Å². The largest absolute Gasteiger partial charge is 0.443 e. The fourth-order valence-corrected chi connectivity index (χ4v) is 1.24. The first-order valence-electron chi connectivity index (χ1n) is 5.73. The molecule has 0 radical (unpaired) electrons. The third kappa shape index (κ3) is 4.71. The molecule has 1 amide bonds. The number of hydrogen-bond acceptors (Lipinski definition) is 3. The Balaban J connectivity index is 2.49. The first kappa shape index (κ1) is 14.4. The van der Waals surface area contributed by atoms with E-state index in [1.165, 1.54) is 18.1 Å². The predicted octanol–water partition coefficient (Wildman–Crippen LogP) is 2.70. The van der Waals surface area contributed by atoms with Gasteiger partial charge in [-0.1, -0.05) is 18.2 Å². The molecule has 1 rings (SSSR count). The standard InChI is InChI=1S/C13H19FN2O2/c1-13(2,3)18-12(17)16(4)15-9-10-7-5-6-8-11(10)14/h5-8,15H,9H2,1-4H3. The molecule has 0 fully saturated rings. The molecule has 1 aromatic rings. The molecule has 0 bridgehead atoms. The Morgan fingerprint density at radius 3 is 2.56 bits per heavy atom. The highest BCUT2D eigenvalue weighted by molar-refractivity contribution is 5.67. The van der Waals surface area contributed by atoms with Crippen LogP contribution in [0.15, 0.2) is 24.3 Å². The van der Waals surface area contributed by atoms with Crippen molar-refractivity contribution in [2.24, 2.45) is 0 Å². The normalized spacial score (nSPS) is 11.2. The van der Waals surface area contributed by atoms with Crippen LogP contribution in [0.5, 0.6) is 0 Å². The number of rotatable bonds is 3. The molecule has 0 saturated heterocycles. The fraction of sp³-hybridized carbons (Fsp3) is 0.462. The lowest BCUT2D eigenvalue weighted by Gasteiger charge is -2.25. The molecule has 100 valence electrons. The molecule has 5 heteroatoms. The molecular formula is C13H19FN2O2. The van der Waals surface area contributed by atoms with Gasteiger partial charge in [0.25, 0.3) is 0 Å². The minimum atomic E-state index is -0.551. The number of nitrogens with zero attached hydrogens (tertiary/aromatic N) is 1. The Labute approximate surface area is 107 Å². The zero-order valence-corrected chi connectivity index (χ0v) is 11.2. The van der Waals surface area contributed by atoms with Gasteiger partial charge in [0.05, 0.1) is 0 Å². The van der Waals surface area contributed by atoms with E-state index >= 15 is 0 Å². The van der Waals surface area contributed by atoms with Gasteiger partial charge in [0.15, 0.2) is 0 Å².